The molecule has 0 radical (unpaired) electrons. The molecule has 0 bridgehead atoms. The van der Waals surface area contributed by atoms with Crippen molar-refractivity contribution in [2.24, 2.45) is 10.8 Å². The highest BCUT2D eigenvalue weighted by Gasteiger charge is 2.48. The largest absolute Gasteiger partial charge is 0.479 e. The van der Waals surface area contributed by atoms with Crippen LogP contribution < -0.4 is 4.74 Å². The first-order chi connectivity index (χ1) is 15.9. The number of esters is 1. The van der Waals surface area contributed by atoms with Crippen LogP contribution in [0.25, 0.3) is 0 Å². The molecule has 1 heterocycles. The van der Waals surface area contributed by atoms with E-state index in [9.17, 15) is 40.1 Å². The number of hydrogen-bond acceptors (Lipinski definition) is 10. The van der Waals surface area contributed by atoms with E-state index in [4.69, 9.17) is 14.2 Å². The van der Waals surface area contributed by atoms with Gasteiger partial charge in [-0.1, -0.05) is 26.8 Å². The number of benzene rings is 1. The smallest absolute Gasteiger partial charge is 0.335 e. The fourth-order valence-electron chi connectivity index (χ4n) is 3.34. The van der Waals surface area contributed by atoms with E-state index in [1.54, 1.807) is 20.8 Å². The highest BCUT2D eigenvalue weighted by molar-refractivity contribution is 5.75. The SMILES string of the molecule is CC(C)(C)CC(OC(=O)C(C)(C)C)c1ccc(OC2OC(C(=O)O)C(O)C(O)C2O)c([N+](=O)[O-])c1. The Kier molecular flexibility index (Phi) is 8.48. The van der Waals surface area contributed by atoms with Crippen molar-refractivity contribution in [2.45, 2.75) is 84.8 Å². The first kappa shape index (κ1) is 28.4. The molecule has 1 aliphatic heterocycles. The number of carbonyl (C=O) groups is 2. The molecule has 35 heavy (non-hydrogen) atoms. The molecule has 1 aromatic carbocycles. The van der Waals surface area contributed by atoms with Gasteiger partial charge < -0.3 is 34.6 Å². The Balaban J connectivity index is 2.41. The molecule has 0 amide bonds. The van der Waals surface area contributed by atoms with Gasteiger partial charge in [0.1, 0.15) is 24.4 Å². The third-order valence-corrected chi connectivity index (χ3v) is 5.27. The molecule has 0 saturated carbocycles. The zero-order chi connectivity index (χ0) is 26.9. The highest BCUT2D eigenvalue weighted by atomic mass is 16.7. The van der Waals surface area contributed by atoms with Crippen LogP contribution in [-0.2, 0) is 19.1 Å². The van der Waals surface area contributed by atoms with Crippen LogP contribution in [0.3, 0.4) is 0 Å². The molecule has 0 aliphatic carbocycles. The summed E-state index contributed by atoms with van der Waals surface area (Å²) in [6, 6.07) is 3.82. The van der Waals surface area contributed by atoms with Crippen LogP contribution in [0, 0.1) is 20.9 Å². The van der Waals surface area contributed by atoms with E-state index in [0.29, 0.717) is 12.0 Å². The molecule has 12 heteroatoms. The van der Waals surface area contributed by atoms with Gasteiger partial charge in [-0.2, -0.15) is 0 Å². The van der Waals surface area contributed by atoms with Gasteiger partial charge in [0, 0.05) is 6.07 Å². The third-order valence-electron chi connectivity index (χ3n) is 5.27. The summed E-state index contributed by atoms with van der Waals surface area (Å²) in [5.74, 6) is -2.49. The zero-order valence-corrected chi connectivity index (χ0v) is 20.5. The summed E-state index contributed by atoms with van der Waals surface area (Å²) in [4.78, 5) is 34.9. The molecule has 2 rings (SSSR count). The fourth-order valence-corrected chi connectivity index (χ4v) is 3.34. The molecule has 0 spiro atoms. The summed E-state index contributed by atoms with van der Waals surface area (Å²) >= 11 is 0. The van der Waals surface area contributed by atoms with E-state index in [2.05, 4.69) is 0 Å². The van der Waals surface area contributed by atoms with Crippen LogP contribution in [0.15, 0.2) is 18.2 Å². The molecule has 1 aliphatic rings. The molecule has 6 atom stereocenters. The predicted octanol–water partition coefficient (Wildman–Crippen LogP) is 1.93. The second-order valence-electron chi connectivity index (χ2n) is 10.7. The Morgan fingerprint density at radius 1 is 1.09 bits per heavy atom. The van der Waals surface area contributed by atoms with E-state index < -0.39 is 64.8 Å². The Morgan fingerprint density at radius 2 is 1.69 bits per heavy atom. The minimum absolute atomic E-state index is 0.296. The lowest BCUT2D eigenvalue weighted by Gasteiger charge is -2.38. The van der Waals surface area contributed by atoms with E-state index in [1.165, 1.54) is 12.1 Å². The van der Waals surface area contributed by atoms with Crippen molar-refractivity contribution >= 4 is 17.6 Å². The number of aliphatic carboxylic acids is 1. The Morgan fingerprint density at radius 3 is 2.17 bits per heavy atom. The molecule has 1 fully saturated rings. The number of aliphatic hydroxyl groups is 3. The maximum Gasteiger partial charge on any atom is 0.335 e. The van der Waals surface area contributed by atoms with Crippen LogP contribution in [0.5, 0.6) is 5.75 Å². The zero-order valence-electron chi connectivity index (χ0n) is 20.5. The number of rotatable bonds is 7. The number of ether oxygens (including phenoxy) is 3. The van der Waals surface area contributed by atoms with Crippen molar-refractivity contribution in [2.75, 3.05) is 0 Å². The molecule has 4 N–H and O–H groups in total. The van der Waals surface area contributed by atoms with Gasteiger partial charge in [0.25, 0.3) is 0 Å². The molecular formula is C23H33NO11. The van der Waals surface area contributed by atoms with Crippen LogP contribution >= 0.6 is 0 Å². The Hall–Kier alpha value is -2.80. The first-order valence-corrected chi connectivity index (χ1v) is 11.0. The van der Waals surface area contributed by atoms with Gasteiger partial charge in [-0.3, -0.25) is 14.9 Å². The standard InChI is InChI=1S/C23H33NO11/c1-22(2,3)10-14(34-21(30)23(4,5)6)11-7-8-13(12(9-11)24(31)32)33-20-17(27)15(25)16(26)18(35-20)19(28)29/h7-9,14-18,20,25-27H,10H2,1-6H3,(H,28,29). The van der Waals surface area contributed by atoms with Gasteiger partial charge >= 0.3 is 17.6 Å². The Labute approximate surface area is 202 Å². The van der Waals surface area contributed by atoms with E-state index in [1.807, 2.05) is 20.8 Å². The molecule has 0 aromatic heterocycles. The summed E-state index contributed by atoms with van der Waals surface area (Å²) in [5.41, 5.74) is -1.32. The number of nitro benzene ring substituents is 1. The van der Waals surface area contributed by atoms with Crippen molar-refractivity contribution < 1.29 is 49.1 Å². The summed E-state index contributed by atoms with van der Waals surface area (Å²) in [5, 5.41) is 50.9. The quantitative estimate of drug-likeness (QED) is 0.244. The normalized spacial score (nSPS) is 26.0. The summed E-state index contributed by atoms with van der Waals surface area (Å²) in [7, 11) is 0. The van der Waals surface area contributed by atoms with Gasteiger partial charge in [0.15, 0.2) is 11.9 Å². The number of carboxylic acids is 1. The fraction of sp³-hybridized carbons (Fsp3) is 0.652. The van der Waals surface area contributed by atoms with Crippen LogP contribution in [0.4, 0.5) is 5.69 Å². The van der Waals surface area contributed by atoms with E-state index in [0.717, 1.165) is 6.07 Å². The second kappa shape index (κ2) is 10.4. The molecule has 6 unspecified atom stereocenters. The summed E-state index contributed by atoms with van der Waals surface area (Å²) in [6.45, 7) is 10.8. The molecule has 1 saturated heterocycles. The number of carbonyl (C=O) groups excluding carboxylic acids is 1. The van der Waals surface area contributed by atoms with Gasteiger partial charge in [0.05, 0.1) is 10.3 Å². The van der Waals surface area contributed by atoms with Gasteiger partial charge in [0.2, 0.25) is 6.29 Å². The lowest BCUT2D eigenvalue weighted by Crippen LogP contribution is -2.61. The van der Waals surface area contributed by atoms with Gasteiger partial charge in [-0.05, 0) is 44.2 Å². The monoisotopic (exact) mass is 499 g/mol. The van der Waals surface area contributed by atoms with Crippen molar-refractivity contribution in [3.05, 3.63) is 33.9 Å². The van der Waals surface area contributed by atoms with Gasteiger partial charge in [-0.15, -0.1) is 0 Å². The minimum atomic E-state index is -1.93. The maximum atomic E-state index is 12.5. The number of nitro groups is 1. The van der Waals surface area contributed by atoms with Crippen molar-refractivity contribution in [1.29, 1.82) is 0 Å². The average Bonchev–Trinajstić information content (AvgIpc) is 2.71. The van der Waals surface area contributed by atoms with Gasteiger partial charge in [-0.25, -0.2) is 4.79 Å². The lowest BCUT2D eigenvalue weighted by molar-refractivity contribution is -0.387. The van der Waals surface area contributed by atoms with E-state index >= 15 is 0 Å². The molecule has 12 nitrogen and oxygen atoms in total. The van der Waals surface area contributed by atoms with E-state index in [-0.39, 0.29) is 11.2 Å². The first-order valence-electron chi connectivity index (χ1n) is 11.0. The van der Waals surface area contributed by atoms with Crippen LogP contribution in [0.1, 0.15) is 59.6 Å². The van der Waals surface area contributed by atoms with Crippen molar-refractivity contribution in [3.8, 4) is 5.75 Å². The number of nitrogens with zero attached hydrogens (tertiary/aromatic N) is 1. The van der Waals surface area contributed by atoms with Crippen LogP contribution in [-0.4, -0.2) is 68.0 Å². The van der Waals surface area contributed by atoms with Crippen LogP contribution in [0.2, 0.25) is 0 Å². The second-order valence-corrected chi connectivity index (χ2v) is 10.7. The number of carboxylic acid groups (broad SMARTS) is 1. The van der Waals surface area contributed by atoms with Crippen molar-refractivity contribution in [1.82, 2.24) is 0 Å². The predicted molar refractivity (Wildman–Crippen MR) is 120 cm³/mol. The molecule has 1 aromatic rings. The summed E-state index contributed by atoms with van der Waals surface area (Å²) < 4.78 is 16.1. The minimum Gasteiger partial charge on any atom is -0.479 e. The third kappa shape index (κ3) is 7.10. The van der Waals surface area contributed by atoms with Crippen molar-refractivity contribution in [3.63, 3.8) is 0 Å². The number of hydrogen-bond donors (Lipinski definition) is 4. The average molecular weight is 500 g/mol. The highest BCUT2D eigenvalue weighted by Crippen LogP contribution is 2.38. The number of aliphatic hydroxyl groups excluding tert-OH is 3. The lowest BCUT2D eigenvalue weighted by atomic mass is 9.86. The molecule has 196 valence electrons. The summed E-state index contributed by atoms with van der Waals surface area (Å²) in [6.07, 6.45) is -9.94. The topological polar surface area (TPSA) is 186 Å². The Bertz CT molecular complexity index is 950. The maximum absolute atomic E-state index is 12.5. The molecular weight excluding hydrogens is 466 g/mol.